The van der Waals surface area contributed by atoms with Crippen LogP contribution in [0.2, 0.25) is 5.02 Å². The minimum Gasteiger partial charge on any atom is -0.494 e. The van der Waals surface area contributed by atoms with Gasteiger partial charge in [0.05, 0.1) is 12.8 Å². The summed E-state index contributed by atoms with van der Waals surface area (Å²) in [7, 11) is 1.46. The standard InChI is InChI=1S/C14H13ClFNO2/c1-18-14-7-13(11(16)6-12(14)17)19-8-9-3-2-4-10(15)5-9/h2-7H,8,17H2,1H3. The lowest BCUT2D eigenvalue weighted by atomic mass is 10.2. The Morgan fingerprint density at radius 2 is 2.00 bits per heavy atom. The predicted octanol–water partition coefficient (Wildman–Crippen LogP) is 3.65. The van der Waals surface area contributed by atoms with Crippen molar-refractivity contribution < 1.29 is 13.9 Å². The highest BCUT2D eigenvalue weighted by atomic mass is 35.5. The maximum Gasteiger partial charge on any atom is 0.167 e. The summed E-state index contributed by atoms with van der Waals surface area (Å²) in [6, 6.07) is 9.77. The summed E-state index contributed by atoms with van der Waals surface area (Å²) < 4.78 is 24.1. The van der Waals surface area contributed by atoms with E-state index in [0.717, 1.165) is 5.56 Å². The summed E-state index contributed by atoms with van der Waals surface area (Å²) in [6.45, 7) is 0.213. The zero-order chi connectivity index (χ0) is 13.8. The van der Waals surface area contributed by atoms with Gasteiger partial charge in [0.25, 0.3) is 0 Å². The van der Waals surface area contributed by atoms with Gasteiger partial charge in [-0.25, -0.2) is 4.39 Å². The molecular formula is C14H13ClFNO2. The largest absolute Gasteiger partial charge is 0.494 e. The maximum atomic E-state index is 13.7. The SMILES string of the molecule is COc1cc(OCc2cccc(Cl)c2)c(F)cc1N. The molecule has 0 fully saturated rings. The molecule has 0 aliphatic heterocycles. The molecule has 0 aliphatic carbocycles. The molecule has 2 N–H and O–H groups in total. The van der Waals surface area contributed by atoms with Gasteiger partial charge in [0.2, 0.25) is 0 Å². The zero-order valence-corrected chi connectivity index (χ0v) is 11.1. The van der Waals surface area contributed by atoms with Crippen molar-refractivity contribution in [3.8, 4) is 11.5 Å². The van der Waals surface area contributed by atoms with E-state index in [4.69, 9.17) is 26.8 Å². The first-order valence-corrected chi connectivity index (χ1v) is 5.98. The molecule has 100 valence electrons. The Kier molecular flexibility index (Phi) is 4.12. The molecule has 0 amide bonds. The lowest BCUT2D eigenvalue weighted by molar-refractivity contribution is 0.288. The fourth-order valence-electron chi connectivity index (χ4n) is 1.63. The summed E-state index contributed by atoms with van der Waals surface area (Å²) in [6.07, 6.45) is 0. The second-order valence-electron chi connectivity index (χ2n) is 3.94. The number of nitrogen functional groups attached to an aromatic ring is 1. The van der Waals surface area contributed by atoms with E-state index in [2.05, 4.69) is 0 Å². The van der Waals surface area contributed by atoms with Crippen LogP contribution in [0, 0.1) is 5.82 Å². The van der Waals surface area contributed by atoms with Crippen LogP contribution < -0.4 is 15.2 Å². The van der Waals surface area contributed by atoms with Crippen molar-refractivity contribution in [1.82, 2.24) is 0 Å². The first-order chi connectivity index (χ1) is 9.10. The van der Waals surface area contributed by atoms with Gasteiger partial charge in [0.15, 0.2) is 11.6 Å². The van der Waals surface area contributed by atoms with Crippen LogP contribution in [0.4, 0.5) is 10.1 Å². The number of rotatable bonds is 4. The minimum absolute atomic E-state index is 0.0889. The fourth-order valence-corrected chi connectivity index (χ4v) is 1.84. The Bertz CT molecular complexity index is 590. The van der Waals surface area contributed by atoms with Crippen molar-refractivity contribution in [2.75, 3.05) is 12.8 Å². The number of methoxy groups -OCH3 is 1. The molecule has 2 aromatic rings. The second kappa shape index (κ2) is 5.80. The summed E-state index contributed by atoms with van der Waals surface area (Å²) >= 11 is 5.86. The highest BCUT2D eigenvalue weighted by Crippen LogP contribution is 2.30. The van der Waals surface area contributed by atoms with E-state index in [0.29, 0.717) is 10.8 Å². The molecule has 0 saturated heterocycles. The van der Waals surface area contributed by atoms with E-state index >= 15 is 0 Å². The van der Waals surface area contributed by atoms with Crippen molar-refractivity contribution in [3.63, 3.8) is 0 Å². The number of benzene rings is 2. The van der Waals surface area contributed by atoms with Gasteiger partial charge in [0.1, 0.15) is 12.4 Å². The Morgan fingerprint density at radius 3 is 2.68 bits per heavy atom. The molecule has 0 aromatic heterocycles. The molecule has 0 heterocycles. The van der Waals surface area contributed by atoms with Crippen LogP contribution in [0.1, 0.15) is 5.56 Å². The van der Waals surface area contributed by atoms with Gasteiger partial charge >= 0.3 is 0 Å². The lowest BCUT2D eigenvalue weighted by Crippen LogP contribution is -2.00. The van der Waals surface area contributed by atoms with Crippen LogP contribution in [-0.4, -0.2) is 7.11 Å². The Hall–Kier alpha value is -1.94. The molecule has 5 heteroatoms. The minimum atomic E-state index is -0.527. The lowest BCUT2D eigenvalue weighted by Gasteiger charge is -2.11. The molecule has 2 aromatic carbocycles. The van der Waals surface area contributed by atoms with E-state index in [1.54, 1.807) is 18.2 Å². The van der Waals surface area contributed by atoms with Gasteiger partial charge < -0.3 is 15.2 Å². The van der Waals surface area contributed by atoms with Crippen LogP contribution in [0.5, 0.6) is 11.5 Å². The molecule has 19 heavy (non-hydrogen) atoms. The summed E-state index contributed by atoms with van der Waals surface area (Å²) in [5.74, 6) is -0.0613. The van der Waals surface area contributed by atoms with Crippen molar-refractivity contribution >= 4 is 17.3 Å². The molecule has 0 aliphatic rings. The van der Waals surface area contributed by atoms with Crippen molar-refractivity contribution in [2.45, 2.75) is 6.61 Å². The summed E-state index contributed by atoms with van der Waals surface area (Å²) in [5.41, 5.74) is 6.67. The van der Waals surface area contributed by atoms with Crippen molar-refractivity contribution in [1.29, 1.82) is 0 Å². The predicted molar refractivity (Wildman–Crippen MR) is 73.1 cm³/mol. The van der Waals surface area contributed by atoms with E-state index in [1.165, 1.54) is 19.2 Å². The number of hydrogen-bond acceptors (Lipinski definition) is 3. The van der Waals surface area contributed by atoms with Gasteiger partial charge in [-0.15, -0.1) is 0 Å². The van der Waals surface area contributed by atoms with Gasteiger partial charge in [-0.05, 0) is 17.7 Å². The summed E-state index contributed by atoms with van der Waals surface area (Å²) in [4.78, 5) is 0. The molecule has 0 spiro atoms. The van der Waals surface area contributed by atoms with Gasteiger partial charge in [-0.1, -0.05) is 23.7 Å². The third-order valence-corrected chi connectivity index (χ3v) is 2.80. The van der Waals surface area contributed by atoms with Gasteiger partial charge in [-0.3, -0.25) is 0 Å². The van der Waals surface area contributed by atoms with Crippen LogP contribution in [0.25, 0.3) is 0 Å². The van der Waals surface area contributed by atoms with Crippen LogP contribution >= 0.6 is 11.6 Å². The van der Waals surface area contributed by atoms with E-state index < -0.39 is 5.82 Å². The molecule has 0 saturated carbocycles. The highest BCUT2D eigenvalue weighted by Gasteiger charge is 2.09. The van der Waals surface area contributed by atoms with Gasteiger partial charge in [0, 0.05) is 17.2 Å². The van der Waals surface area contributed by atoms with E-state index in [-0.39, 0.29) is 18.0 Å². The molecule has 3 nitrogen and oxygen atoms in total. The van der Waals surface area contributed by atoms with Crippen molar-refractivity contribution in [3.05, 3.63) is 52.8 Å². The average molecular weight is 282 g/mol. The molecule has 0 bridgehead atoms. The maximum absolute atomic E-state index is 13.7. The van der Waals surface area contributed by atoms with Crippen molar-refractivity contribution in [2.24, 2.45) is 0 Å². The van der Waals surface area contributed by atoms with E-state index in [1.807, 2.05) is 6.07 Å². The highest BCUT2D eigenvalue weighted by molar-refractivity contribution is 6.30. The second-order valence-corrected chi connectivity index (χ2v) is 4.38. The Morgan fingerprint density at radius 1 is 1.21 bits per heavy atom. The van der Waals surface area contributed by atoms with Crippen LogP contribution in [0.3, 0.4) is 0 Å². The number of hydrogen-bond donors (Lipinski definition) is 1. The normalized spacial score (nSPS) is 10.3. The Labute approximate surface area is 115 Å². The van der Waals surface area contributed by atoms with Crippen LogP contribution in [-0.2, 0) is 6.61 Å². The van der Waals surface area contributed by atoms with Crippen LogP contribution in [0.15, 0.2) is 36.4 Å². The third kappa shape index (κ3) is 3.29. The number of ether oxygens (including phenoxy) is 2. The topological polar surface area (TPSA) is 44.5 Å². The first kappa shape index (κ1) is 13.5. The molecule has 2 rings (SSSR count). The average Bonchev–Trinajstić information content (AvgIpc) is 2.38. The first-order valence-electron chi connectivity index (χ1n) is 5.60. The fraction of sp³-hybridized carbons (Fsp3) is 0.143. The molecule has 0 radical (unpaired) electrons. The quantitative estimate of drug-likeness (QED) is 0.870. The number of anilines is 1. The smallest absolute Gasteiger partial charge is 0.167 e. The van der Waals surface area contributed by atoms with E-state index in [9.17, 15) is 4.39 Å². The number of nitrogens with two attached hydrogens (primary N) is 1. The van der Waals surface area contributed by atoms with Gasteiger partial charge in [-0.2, -0.15) is 0 Å². The third-order valence-electron chi connectivity index (χ3n) is 2.57. The molecular weight excluding hydrogens is 269 g/mol. The molecule has 0 unspecified atom stereocenters. The molecule has 0 atom stereocenters. The number of halogens is 2. The Balaban J connectivity index is 2.15. The monoisotopic (exact) mass is 281 g/mol. The zero-order valence-electron chi connectivity index (χ0n) is 10.3. The summed E-state index contributed by atoms with van der Waals surface area (Å²) in [5, 5.41) is 0.608.